The molecule has 0 bridgehead atoms. The van der Waals surface area contributed by atoms with E-state index in [1.165, 1.54) is 77.0 Å². The average molecular weight is 970 g/mol. The molecule has 0 aliphatic heterocycles. The molecule has 0 fully saturated rings. The molecule has 0 aromatic rings. The van der Waals surface area contributed by atoms with Crippen LogP contribution in [0.4, 0.5) is 0 Å². The molecule has 6 heteroatoms. The first-order chi connectivity index (χ1) is 34.5. The van der Waals surface area contributed by atoms with E-state index in [-0.39, 0.29) is 37.5 Å². The Labute approximate surface area is 431 Å². The second-order valence-electron chi connectivity index (χ2n) is 18.5. The fraction of sp³-hybridized carbons (Fsp3) is 0.641. The summed E-state index contributed by atoms with van der Waals surface area (Å²) in [4.78, 5) is 38.0. The fourth-order valence-electron chi connectivity index (χ4n) is 7.45. The van der Waals surface area contributed by atoms with Gasteiger partial charge in [-0.3, -0.25) is 14.4 Å². The Morgan fingerprint density at radius 3 is 1.00 bits per heavy atom. The largest absolute Gasteiger partial charge is 0.462 e. The normalized spacial score (nSPS) is 13.0. The first-order valence-corrected chi connectivity index (χ1v) is 28.5. The number of unbranched alkanes of at least 4 members (excludes halogenated alkanes) is 19. The molecule has 0 saturated heterocycles. The number of rotatable bonds is 50. The maximum atomic E-state index is 12.8. The van der Waals surface area contributed by atoms with Gasteiger partial charge in [0.2, 0.25) is 0 Å². The molecule has 0 rings (SSSR count). The van der Waals surface area contributed by atoms with Crippen molar-refractivity contribution in [1.82, 2.24) is 0 Å². The van der Waals surface area contributed by atoms with E-state index >= 15 is 0 Å². The Hall–Kier alpha value is -4.19. The molecule has 0 aromatic carbocycles. The van der Waals surface area contributed by atoms with Gasteiger partial charge in [0, 0.05) is 19.3 Å². The summed E-state index contributed by atoms with van der Waals surface area (Å²) in [6.07, 6.45) is 79.2. The van der Waals surface area contributed by atoms with E-state index in [4.69, 9.17) is 14.2 Å². The van der Waals surface area contributed by atoms with Crippen molar-refractivity contribution in [3.8, 4) is 0 Å². The van der Waals surface area contributed by atoms with E-state index in [0.29, 0.717) is 19.3 Å². The molecule has 70 heavy (non-hydrogen) atoms. The van der Waals surface area contributed by atoms with Crippen LogP contribution < -0.4 is 0 Å². The fourth-order valence-corrected chi connectivity index (χ4v) is 7.45. The summed E-state index contributed by atoms with van der Waals surface area (Å²) >= 11 is 0. The highest BCUT2D eigenvalue weighted by Gasteiger charge is 2.19. The SMILES string of the molecule is CC/C=C\C/C=C\C/C=C\C/C=C\C/C=C\C/C=C\C/C=C\C/C=C\C/C=C\CCCC(=O)OCC(COC(=O)CCCCCCC/C=C\CCC)OC(=O)CCCCCCCCCCCCCCC. The number of allylic oxidation sites excluding steroid dienone is 20. The third-order valence-corrected chi connectivity index (χ3v) is 11.7. The second-order valence-corrected chi connectivity index (χ2v) is 18.5. The maximum Gasteiger partial charge on any atom is 0.306 e. The molecule has 1 atom stereocenters. The zero-order valence-electron chi connectivity index (χ0n) is 45.2. The molecule has 0 aliphatic carbocycles. The molecular weight excluding hydrogens is 865 g/mol. The number of carbonyl (C=O) groups excluding carboxylic acids is 3. The second kappa shape index (κ2) is 57.4. The highest BCUT2D eigenvalue weighted by molar-refractivity contribution is 5.71. The van der Waals surface area contributed by atoms with E-state index in [0.717, 1.165) is 122 Å². The Morgan fingerprint density at radius 1 is 0.300 bits per heavy atom. The Morgan fingerprint density at radius 2 is 0.600 bits per heavy atom. The van der Waals surface area contributed by atoms with Gasteiger partial charge in [0.05, 0.1) is 0 Å². The lowest BCUT2D eigenvalue weighted by Gasteiger charge is -2.18. The van der Waals surface area contributed by atoms with Crippen LogP contribution in [0.2, 0.25) is 0 Å². The molecule has 6 nitrogen and oxygen atoms in total. The van der Waals surface area contributed by atoms with E-state index in [1.807, 2.05) is 0 Å². The van der Waals surface area contributed by atoms with Crippen LogP contribution >= 0.6 is 0 Å². The van der Waals surface area contributed by atoms with Gasteiger partial charge in [0.1, 0.15) is 13.2 Å². The molecule has 0 amide bonds. The molecule has 1 unspecified atom stereocenters. The lowest BCUT2D eigenvalue weighted by atomic mass is 10.0. The molecule has 0 saturated carbocycles. The van der Waals surface area contributed by atoms with Crippen LogP contribution in [0.5, 0.6) is 0 Å². The van der Waals surface area contributed by atoms with Crippen molar-refractivity contribution < 1.29 is 28.6 Å². The monoisotopic (exact) mass is 969 g/mol. The van der Waals surface area contributed by atoms with Gasteiger partial charge in [-0.1, -0.05) is 245 Å². The summed E-state index contributed by atoms with van der Waals surface area (Å²) in [5, 5.41) is 0. The van der Waals surface area contributed by atoms with Crippen molar-refractivity contribution >= 4 is 17.9 Å². The summed E-state index contributed by atoms with van der Waals surface area (Å²) in [7, 11) is 0. The molecule has 0 aliphatic rings. The van der Waals surface area contributed by atoms with E-state index in [1.54, 1.807) is 0 Å². The molecule has 396 valence electrons. The van der Waals surface area contributed by atoms with E-state index in [9.17, 15) is 14.4 Å². The predicted octanol–water partition coefficient (Wildman–Crippen LogP) is 19.3. The smallest absolute Gasteiger partial charge is 0.306 e. The number of hydrogen-bond donors (Lipinski definition) is 0. The number of carbonyl (C=O) groups is 3. The lowest BCUT2D eigenvalue weighted by molar-refractivity contribution is -0.167. The average Bonchev–Trinajstić information content (AvgIpc) is 3.36. The van der Waals surface area contributed by atoms with Crippen LogP contribution in [-0.4, -0.2) is 37.2 Å². The van der Waals surface area contributed by atoms with E-state index < -0.39 is 6.10 Å². The van der Waals surface area contributed by atoms with Gasteiger partial charge in [0.25, 0.3) is 0 Å². The minimum absolute atomic E-state index is 0.101. The molecule has 0 spiro atoms. The lowest BCUT2D eigenvalue weighted by Crippen LogP contribution is -2.30. The molecule has 0 radical (unpaired) electrons. The van der Waals surface area contributed by atoms with Gasteiger partial charge in [-0.2, -0.15) is 0 Å². The summed E-state index contributed by atoms with van der Waals surface area (Å²) < 4.78 is 16.7. The summed E-state index contributed by atoms with van der Waals surface area (Å²) in [6.45, 7) is 6.40. The standard InChI is InChI=1S/C64H104O6/c1-4-7-10-13-16-19-22-24-25-26-27-28-29-30-31-32-33-34-35-36-37-38-39-41-42-45-48-51-54-57-63(66)69-60-61(59-68-62(65)56-53-50-47-44-21-18-15-12-9-6-3)70-64(67)58-55-52-49-46-43-40-23-20-17-14-11-8-5-2/h7,10,12,15-16,19,24-25,27-28,30-31,33-34,36-37,39,41,45,48,61H,4-6,8-9,11,13-14,17-18,20-23,26,29,32,35,38,40,42-44,46-47,49-60H2,1-3H3/b10-7-,15-12-,19-16-,25-24-,28-27-,31-30-,34-33-,37-36-,41-39-,48-45-. The number of hydrogen-bond acceptors (Lipinski definition) is 6. The molecular formula is C64H104O6. The highest BCUT2D eigenvalue weighted by atomic mass is 16.6. The van der Waals surface area contributed by atoms with Crippen molar-refractivity contribution in [2.75, 3.05) is 13.2 Å². The third-order valence-electron chi connectivity index (χ3n) is 11.7. The third kappa shape index (κ3) is 54.7. The van der Waals surface area contributed by atoms with Crippen LogP contribution in [0.1, 0.15) is 245 Å². The molecule has 0 N–H and O–H groups in total. The number of ether oxygens (including phenoxy) is 3. The van der Waals surface area contributed by atoms with Gasteiger partial charge in [-0.15, -0.1) is 0 Å². The summed E-state index contributed by atoms with van der Waals surface area (Å²) in [6, 6.07) is 0. The Balaban J connectivity index is 4.36. The van der Waals surface area contributed by atoms with E-state index in [2.05, 4.69) is 142 Å². The van der Waals surface area contributed by atoms with Gasteiger partial charge in [-0.05, 0) is 103 Å². The van der Waals surface area contributed by atoms with Crippen LogP contribution in [-0.2, 0) is 28.6 Å². The summed E-state index contributed by atoms with van der Waals surface area (Å²) in [5.41, 5.74) is 0. The van der Waals surface area contributed by atoms with Crippen LogP contribution in [0.25, 0.3) is 0 Å². The molecule has 0 aromatic heterocycles. The van der Waals surface area contributed by atoms with Gasteiger partial charge < -0.3 is 14.2 Å². The van der Waals surface area contributed by atoms with Crippen molar-refractivity contribution in [2.24, 2.45) is 0 Å². The predicted molar refractivity (Wildman–Crippen MR) is 302 cm³/mol. The van der Waals surface area contributed by atoms with Crippen molar-refractivity contribution in [1.29, 1.82) is 0 Å². The topological polar surface area (TPSA) is 78.9 Å². The first kappa shape index (κ1) is 65.8. The zero-order valence-corrected chi connectivity index (χ0v) is 45.2. The van der Waals surface area contributed by atoms with Crippen LogP contribution in [0.15, 0.2) is 122 Å². The van der Waals surface area contributed by atoms with Crippen molar-refractivity contribution in [2.45, 2.75) is 252 Å². The minimum Gasteiger partial charge on any atom is -0.462 e. The van der Waals surface area contributed by atoms with Crippen molar-refractivity contribution in [3.63, 3.8) is 0 Å². The van der Waals surface area contributed by atoms with Crippen LogP contribution in [0, 0.1) is 0 Å². The Kier molecular flexibility index (Phi) is 54.0. The van der Waals surface area contributed by atoms with Crippen LogP contribution in [0.3, 0.4) is 0 Å². The van der Waals surface area contributed by atoms with Gasteiger partial charge in [-0.25, -0.2) is 0 Å². The zero-order chi connectivity index (χ0) is 50.7. The first-order valence-electron chi connectivity index (χ1n) is 28.5. The maximum absolute atomic E-state index is 12.8. The Bertz CT molecular complexity index is 1490. The number of esters is 3. The summed E-state index contributed by atoms with van der Waals surface area (Å²) in [5.74, 6) is -0.976. The minimum atomic E-state index is -0.804. The van der Waals surface area contributed by atoms with Gasteiger partial charge in [0.15, 0.2) is 6.10 Å². The highest BCUT2D eigenvalue weighted by Crippen LogP contribution is 2.14. The quantitative estimate of drug-likeness (QED) is 0.0262. The van der Waals surface area contributed by atoms with Crippen molar-refractivity contribution in [3.05, 3.63) is 122 Å². The van der Waals surface area contributed by atoms with Gasteiger partial charge >= 0.3 is 17.9 Å². The molecule has 0 heterocycles.